The highest BCUT2D eigenvalue weighted by Crippen LogP contribution is 2.23. The Kier molecular flexibility index (Phi) is 5.34. The summed E-state index contributed by atoms with van der Waals surface area (Å²) < 4.78 is 17.0. The lowest BCUT2D eigenvalue weighted by molar-refractivity contribution is -0.157. The van der Waals surface area contributed by atoms with Crippen molar-refractivity contribution in [1.29, 1.82) is 0 Å². The molecule has 2 atom stereocenters. The maximum absolute atomic E-state index is 13.0. The Hall–Kier alpha value is -2.15. The maximum atomic E-state index is 13.0. The molecular formula is C20H24N2O4. The molecule has 1 amide bonds. The van der Waals surface area contributed by atoms with E-state index in [2.05, 4.69) is 17.0 Å². The Labute approximate surface area is 153 Å². The second-order valence-electron chi connectivity index (χ2n) is 6.74. The van der Waals surface area contributed by atoms with Crippen LogP contribution in [0.3, 0.4) is 0 Å². The molecule has 0 bridgehead atoms. The van der Waals surface area contributed by atoms with Gasteiger partial charge in [0.05, 0.1) is 26.0 Å². The van der Waals surface area contributed by atoms with Gasteiger partial charge in [-0.1, -0.05) is 30.3 Å². The summed E-state index contributed by atoms with van der Waals surface area (Å²) in [5.74, 6) is 0.806. The molecule has 2 aliphatic heterocycles. The van der Waals surface area contributed by atoms with Gasteiger partial charge in [0.1, 0.15) is 18.0 Å². The van der Waals surface area contributed by atoms with Crippen molar-refractivity contribution in [3.63, 3.8) is 0 Å². The predicted octanol–water partition coefficient (Wildman–Crippen LogP) is 2.08. The average Bonchev–Trinajstić information content (AvgIpc) is 3.23. The standard InChI is InChI=1S/C20H24N2O4/c23-20(22-9-12-25-18(15-22)17-7-4-10-24-17)19-14-21(8-11-26-19)13-16-5-2-1-3-6-16/h1-7,10,18-19H,8-9,11-15H2. The Balaban J connectivity index is 1.36. The van der Waals surface area contributed by atoms with Gasteiger partial charge in [-0.25, -0.2) is 0 Å². The van der Waals surface area contributed by atoms with E-state index in [0.717, 1.165) is 18.8 Å². The van der Waals surface area contributed by atoms with Gasteiger partial charge in [0.25, 0.3) is 5.91 Å². The summed E-state index contributed by atoms with van der Waals surface area (Å²) in [5, 5.41) is 0. The molecule has 0 radical (unpaired) electrons. The van der Waals surface area contributed by atoms with Crippen LogP contribution >= 0.6 is 0 Å². The van der Waals surface area contributed by atoms with Gasteiger partial charge >= 0.3 is 0 Å². The lowest BCUT2D eigenvalue weighted by atomic mass is 10.1. The van der Waals surface area contributed by atoms with Gasteiger partial charge in [-0.2, -0.15) is 0 Å². The van der Waals surface area contributed by atoms with Crippen LogP contribution in [0.2, 0.25) is 0 Å². The summed E-state index contributed by atoms with van der Waals surface area (Å²) in [7, 11) is 0. The van der Waals surface area contributed by atoms with Crippen molar-refractivity contribution in [2.24, 2.45) is 0 Å². The van der Waals surface area contributed by atoms with Crippen molar-refractivity contribution in [2.45, 2.75) is 18.8 Å². The number of nitrogens with zero attached hydrogens (tertiary/aromatic N) is 2. The zero-order valence-electron chi connectivity index (χ0n) is 14.8. The number of ether oxygens (including phenoxy) is 2. The van der Waals surface area contributed by atoms with Gasteiger partial charge < -0.3 is 18.8 Å². The third-order valence-corrected chi connectivity index (χ3v) is 4.91. The average molecular weight is 356 g/mol. The third kappa shape index (κ3) is 3.98. The molecular weight excluding hydrogens is 332 g/mol. The van der Waals surface area contributed by atoms with Crippen LogP contribution in [0.1, 0.15) is 17.4 Å². The zero-order chi connectivity index (χ0) is 17.8. The highest BCUT2D eigenvalue weighted by Gasteiger charge is 2.34. The van der Waals surface area contributed by atoms with Crippen LogP contribution in [0.15, 0.2) is 53.1 Å². The van der Waals surface area contributed by atoms with E-state index in [1.54, 1.807) is 6.26 Å². The van der Waals surface area contributed by atoms with Crippen molar-refractivity contribution in [2.75, 3.05) is 39.4 Å². The minimum Gasteiger partial charge on any atom is -0.467 e. The Bertz CT molecular complexity index is 704. The van der Waals surface area contributed by atoms with Crippen molar-refractivity contribution >= 4 is 5.91 Å². The van der Waals surface area contributed by atoms with Gasteiger partial charge in [-0.15, -0.1) is 0 Å². The maximum Gasteiger partial charge on any atom is 0.253 e. The molecule has 2 fully saturated rings. The lowest BCUT2D eigenvalue weighted by Crippen LogP contribution is -2.53. The number of rotatable bonds is 4. The molecule has 3 heterocycles. The smallest absolute Gasteiger partial charge is 0.253 e. The van der Waals surface area contributed by atoms with Crippen molar-refractivity contribution < 1.29 is 18.7 Å². The molecule has 0 spiro atoms. The Morgan fingerprint density at radius 3 is 2.65 bits per heavy atom. The largest absolute Gasteiger partial charge is 0.467 e. The van der Waals surface area contributed by atoms with E-state index in [0.29, 0.717) is 32.8 Å². The molecule has 26 heavy (non-hydrogen) atoms. The van der Waals surface area contributed by atoms with E-state index in [1.165, 1.54) is 5.56 Å². The van der Waals surface area contributed by atoms with E-state index < -0.39 is 6.10 Å². The van der Waals surface area contributed by atoms with E-state index in [9.17, 15) is 4.79 Å². The van der Waals surface area contributed by atoms with E-state index in [-0.39, 0.29) is 12.0 Å². The number of amides is 1. The van der Waals surface area contributed by atoms with Gasteiger partial charge in [0.2, 0.25) is 0 Å². The first-order chi connectivity index (χ1) is 12.8. The fourth-order valence-corrected chi connectivity index (χ4v) is 3.54. The van der Waals surface area contributed by atoms with E-state index in [1.807, 2.05) is 35.2 Å². The van der Waals surface area contributed by atoms with Crippen LogP contribution in [0.25, 0.3) is 0 Å². The van der Waals surface area contributed by atoms with E-state index in [4.69, 9.17) is 13.9 Å². The highest BCUT2D eigenvalue weighted by atomic mass is 16.5. The number of hydrogen-bond acceptors (Lipinski definition) is 5. The zero-order valence-corrected chi connectivity index (χ0v) is 14.8. The number of carbonyl (C=O) groups is 1. The monoisotopic (exact) mass is 356 g/mol. The molecule has 2 aliphatic rings. The molecule has 6 nitrogen and oxygen atoms in total. The predicted molar refractivity (Wildman–Crippen MR) is 95.4 cm³/mol. The van der Waals surface area contributed by atoms with Gasteiger partial charge in [0, 0.05) is 26.2 Å². The lowest BCUT2D eigenvalue weighted by Gasteiger charge is -2.37. The van der Waals surface area contributed by atoms with Crippen molar-refractivity contribution in [3.8, 4) is 0 Å². The van der Waals surface area contributed by atoms with Crippen LogP contribution in [0.4, 0.5) is 0 Å². The van der Waals surface area contributed by atoms with Crippen molar-refractivity contribution in [3.05, 3.63) is 60.1 Å². The van der Waals surface area contributed by atoms with Crippen LogP contribution in [-0.2, 0) is 20.8 Å². The van der Waals surface area contributed by atoms with Gasteiger partial charge in [0.15, 0.2) is 0 Å². The molecule has 138 valence electrons. The summed E-state index contributed by atoms with van der Waals surface area (Å²) in [6.07, 6.45) is 1.01. The number of benzene rings is 1. The fourth-order valence-electron chi connectivity index (χ4n) is 3.54. The molecule has 0 aliphatic carbocycles. The number of carbonyl (C=O) groups excluding carboxylic acids is 1. The summed E-state index contributed by atoms with van der Waals surface area (Å²) in [6, 6.07) is 14.1. The molecule has 2 aromatic rings. The Morgan fingerprint density at radius 1 is 1.00 bits per heavy atom. The fraction of sp³-hybridized carbons (Fsp3) is 0.450. The van der Waals surface area contributed by atoms with Crippen LogP contribution in [-0.4, -0.2) is 61.2 Å². The number of furan rings is 1. The first-order valence-electron chi connectivity index (χ1n) is 9.11. The van der Waals surface area contributed by atoms with Crippen molar-refractivity contribution in [1.82, 2.24) is 9.80 Å². The third-order valence-electron chi connectivity index (χ3n) is 4.91. The topological polar surface area (TPSA) is 55.2 Å². The van der Waals surface area contributed by atoms with Gasteiger partial charge in [-0.05, 0) is 17.7 Å². The van der Waals surface area contributed by atoms with E-state index >= 15 is 0 Å². The van der Waals surface area contributed by atoms with Crippen LogP contribution < -0.4 is 0 Å². The summed E-state index contributed by atoms with van der Waals surface area (Å²) in [4.78, 5) is 17.1. The molecule has 4 rings (SSSR count). The molecule has 6 heteroatoms. The summed E-state index contributed by atoms with van der Waals surface area (Å²) in [5.41, 5.74) is 1.25. The van der Waals surface area contributed by atoms with Crippen LogP contribution in [0.5, 0.6) is 0 Å². The number of hydrogen-bond donors (Lipinski definition) is 0. The molecule has 2 saturated heterocycles. The van der Waals surface area contributed by atoms with Crippen LogP contribution in [0, 0.1) is 0 Å². The minimum atomic E-state index is -0.414. The molecule has 0 saturated carbocycles. The minimum absolute atomic E-state index is 0.0441. The highest BCUT2D eigenvalue weighted by molar-refractivity contribution is 5.81. The SMILES string of the molecule is O=C(C1CN(Cc2ccccc2)CCO1)N1CCOC(c2ccco2)C1. The molecule has 2 unspecified atom stereocenters. The van der Waals surface area contributed by atoms with Gasteiger partial charge in [-0.3, -0.25) is 9.69 Å². The Morgan fingerprint density at radius 2 is 1.85 bits per heavy atom. The first kappa shape index (κ1) is 17.3. The summed E-state index contributed by atoms with van der Waals surface area (Å²) >= 11 is 0. The second kappa shape index (κ2) is 8.03. The summed E-state index contributed by atoms with van der Waals surface area (Å²) in [6.45, 7) is 4.49. The quantitative estimate of drug-likeness (QED) is 0.840. The number of morpholine rings is 2. The molecule has 0 N–H and O–H groups in total. The first-order valence-corrected chi connectivity index (χ1v) is 9.11. The molecule has 1 aromatic heterocycles. The molecule has 1 aromatic carbocycles. The normalized spacial score (nSPS) is 24.5. The second-order valence-corrected chi connectivity index (χ2v) is 6.74.